The summed E-state index contributed by atoms with van der Waals surface area (Å²) >= 11 is 3.28. The zero-order chi connectivity index (χ0) is 16.3. The summed E-state index contributed by atoms with van der Waals surface area (Å²) in [6.45, 7) is 5.17. The van der Waals surface area contributed by atoms with E-state index in [9.17, 15) is 13.2 Å². The molecule has 1 aromatic rings. The molecule has 2 rings (SSSR count). The molecule has 1 aliphatic rings. The molecule has 1 saturated heterocycles. The quantitative estimate of drug-likeness (QED) is 0.748. The van der Waals surface area contributed by atoms with E-state index in [0.29, 0.717) is 30.7 Å². The van der Waals surface area contributed by atoms with E-state index >= 15 is 0 Å². The first-order chi connectivity index (χ1) is 10.3. The molecule has 0 bridgehead atoms. The first-order valence-corrected chi connectivity index (χ1v) is 9.24. The summed E-state index contributed by atoms with van der Waals surface area (Å²) in [5, 5.41) is 0. The molecule has 1 amide bonds. The summed E-state index contributed by atoms with van der Waals surface area (Å²) in [5.41, 5.74) is 0.938. The van der Waals surface area contributed by atoms with E-state index in [2.05, 4.69) is 15.9 Å². The van der Waals surface area contributed by atoms with Gasteiger partial charge in [-0.25, -0.2) is 8.42 Å². The highest BCUT2D eigenvalue weighted by Crippen LogP contribution is 2.25. The van der Waals surface area contributed by atoms with Crippen LogP contribution in [0.2, 0.25) is 0 Å². The summed E-state index contributed by atoms with van der Waals surface area (Å²) in [5.74, 6) is -0.0575. The van der Waals surface area contributed by atoms with Crippen molar-refractivity contribution in [2.45, 2.75) is 18.7 Å². The van der Waals surface area contributed by atoms with Crippen LogP contribution < -0.4 is 0 Å². The maximum absolute atomic E-state index is 12.6. The number of hydrogen-bond donors (Lipinski definition) is 0. The van der Waals surface area contributed by atoms with Gasteiger partial charge in [0.2, 0.25) is 15.9 Å². The number of sulfonamides is 1. The van der Waals surface area contributed by atoms with Gasteiger partial charge in [0.25, 0.3) is 0 Å². The van der Waals surface area contributed by atoms with Crippen LogP contribution in [0.1, 0.15) is 13.8 Å². The second kappa shape index (κ2) is 6.93. The van der Waals surface area contributed by atoms with Gasteiger partial charge in [-0.05, 0) is 41.9 Å². The van der Waals surface area contributed by atoms with Gasteiger partial charge in [0.1, 0.15) is 0 Å². The second-order valence-corrected chi connectivity index (χ2v) is 8.14. The van der Waals surface area contributed by atoms with Crippen LogP contribution in [0.15, 0.2) is 45.3 Å². The molecule has 1 aliphatic heterocycles. The highest BCUT2D eigenvalue weighted by molar-refractivity contribution is 9.10. The van der Waals surface area contributed by atoms with Crippen molar-refractivity contribution in [3.05, 3.63) is 40.4 Å². The third-order valence-corrected chi connectivity index (χ3v) is 6.33. The summed E-state index contributed by atoms with van der Waals surface area (Å²) in [4.78, 5) is 13.9. The molecule has 0 unspecified atom stereocenters. The predicted molar refractivity (Wildman–Crippen MR) is 88.9 cm³/mol. The summed E-state index contributed by atoms with van der Waals surface area (Å²) in [6.07, 6.45) is 1.58. The zero-order valence-corrected chi connectivity index (χ0v) is 15.0. The van der Waals surface area contributed by atoms with E-state index in [1.165, 1.54) is 4.31 Å². The summed E-state index contributed by atoms with van der Waals surface area (Å²) < 4.78 is 27.3. The van der Waals surface area contributed by atoms with Crippen molar-refractivity contribution in [1.29, 1.82) is 0 Å². The van der Waals surface area contributed by atoms with Gasteiger partial charge in [-0.3, -0.25) is 4.79 Å². The van der Waals surface area contributed by atoms with E-state index in [1.54, 1.807) is 35.2 Å². The van der Waals surface area contributed by atoms with Crippen LogP contribution in [0.25, 0.3) is 0 Å². The molecular formula is C15H19BrN2O3S. The van der Waals surface area contributed by atoms with Crippen molar-refractivity contribution in [2.75, 3.05) is 26.2 Å². The summed E-state index contributed by atoms with van der Waals surface area (Å²) in [7, 11) is -3.53. The fraction of sp³-hybridized carbons (Fsp3) is 0.400. The Kier molecular flexibility index (Phi) is 5.41. The molecule has 0 N–H and O–H groups in total. The Hall–Kier alpha value is -1.18. The van der Waals surface area contributed by atoms with Crippen LogP contribution in [0.4, 0.5) is 0 Å². The molecular weight excluding hydrogens is 368 g/mol. The lowest BCUT2D eigenvalue weighted by atomic mass is 10.3. The Balaban J connectivity index is 2.10. The standard InChI is InChI=1S/C15H19BrN2O3S/c1-12(2)11-15(19)17-7-9-18(10-8-17)22(20,21)14-6-4-3-5-13(14)16/h3-6,11H,7-10H2,1-2H3. The van der Waals surface area contributed by atoms with Crippen LogP contribution in [-0.4, -0.2) is 49.7 Å². The van der Waals surface area contributed by atoms with Gasteiger partial charge in [-0.2, -0.15) is 4.31 Å². The Labute approximate surface area is 139 Å². The lowest BCUT2D eigenvalue weighted by molar-refractivity contribution is -0.127. The monoisotopic (exact) mass is 386 g/mol. The van der Waals surface area contributed by atoms with Crippen LogP contribution in [-0.2, 0) is 14.8 Å². The molecule has 0 aromatic heterocycles. The number of allylic oxidation sites excluding steroid dienone is 1. The fourth-order valence-corrected chi connectivity index (χ4v) is 4.67. The van der Waals surface area contributed by atoms with E-state index in [1.807, 2.05) is 13.8 Å². The van der Waals surface area contributed by atoms with Gasteiger partial charge in [-0.1, -0.05) is 17.7 Å². The average Bonchev–Trinajstić information content (AvgIpc) is 2.47. The predicted octanol–water partition coefficient (Wildman–Crippen LogP) is 2.25. The third kappa shape index (κ3) is 3.77. The number of amides is 1. The lowest BCUT2D eigenvalue weighted by Gasteiger charge is -2.33. The largest absolute Gasteiger partial charge is 0.337 e. The molecule has 1 heterocycles. The molecule has 1 aromatic carbocycles. The van der Waals surface area contributed by atoms with Crippen molar-refractivity contribution >= 4 is 31.9 Å². The number of carbonyl (C=O) groups excluding carboxylic acids is 1. The number of carbonyl (C=O) groups is 1. The molecule has 5 nitrogen and oxygen atoms in total. The fourth-order valence-electron chi connectivity index (χ4n) is 2.28. The maximum atomic E-state index is 12.6. The van der Waals surface area contributed by atoms with E-state index in [0.717, 1.165) is 5.57 Å². The number of hydrogen-bond acceptors (Lipinski definition) is 3. The number of benzene rings is 1. The van der Waals surface area contributed by atoms with Crippen molar-refractivity contribution in [2.24, 2.45) is 0 Å². The number of nitrogens with zero attached hydrogens (tertiary/aromatic N) is 2. The SMILES string of the molecule is CC(C)=CC(=O)N1CCN(S(=O)(=O)c2ccccc2Br)CC1. The Morgan fingerprint density at radius 3 is 2.27 bits per heavy atom. The van der Waals surface area contributed by atoms with E-state index in [4.69, 9.17) is 0 Å². The minimum Gasteiger partial charge on any atom is -0.337 e. The highest BCUT2D eigenvalue weighted by Gasteiger charge is 2.30. The molecule has 0 radical (unpaired) electrons. The molecule has 120 valence electrons. The topological polar surface area (TPSA) is 57.7 Å². The molecule has 0 saturated carbocycles. The first-order valence-electron chi connectivity index (χ1n) is 7.01. The number of halogens is 1. The molecule has 0 aliphatic carbocycles. The van der Waals surface area contributed by atoms with Gasteiger partial charge in [0.05, 0.1) is 4.90 Å². The van der Waals surface area contributed by atoms with E-state index < -0.39 is 10.0 Å². The van der Waals surface area contributed by atoms with Crippen LogP contribution in [0.3, 0.4) is 0 Å². The van der Waals surface area contributed by atoms with Crippen molar-refractivity contribution in [3.8, 4) is 0 Å². The lowest BCUT2D eigenvalue weighted by Crippen LogP contribution is -2.50. The molecule has 0 atom stereocenters. The minimum absolute atomic E-state index is 0.0575. The Morgan fingerprint density at radius 1 is 1.14 bits per heavy atom. The van der Waals surface area contributed by atoms with Crippen molar-refractivity contribution < 1.29 is 13.2 Å². The molecule has 22 heavy (non-hydrogen) atoms. The van der Waals surface area contributed by atoms with Gasteiger partial charge < -0.3 is 4.90 Å². The van der Waals surface area contributed by atoms with Gasteiger partial charge in [0.15, 0.2) is 0 Å². The number of rotatable bonds is 3. The minimum atomic E-state index is -3.53. The normalized spacial score (nSPS) is 16.4. The third-order valence-electron chi connectivity index (χ3n) is 3.42. The van der Waals surface area contributed by atoms with Crippen LogP contribution >= 0.6 is 15.9 Å². The maximum Gasteiger partial charge on any atom is 0.246 e. The van der Waals surface area contributed by atoms with Crippen molar-refractivity contribution in [1.82, 2.24) is 9.21 Å². The zero-order valence-electron chi connectivity index (χ0n) is 12.6. The molecule has 7 heteroatoms. The van der Waals surface area contributed by atoms with Crippen molar-refractivity contribution in [3.63, 3.8) is 0 Å². The second-order valence-electron chi connectivity index (χ2n) is 5.38. The van der Waals surface area contributed by atoms with Gasteiger partial charge in [0, 0.05) is 36.7 Å². The van der Waals surface area contributed by atoms with Crippen LogP contribution in [0.5, 0.6) is 0 Å². The first kappa shape index (κ1) is 17.2. The molecule has 0 spiro atoms. The Bertz CT molecular complexity index is 688. The number of piperazine rings is 1. The van der Waals surface area contributed by atoms with E-state index in [-0.39, 0.29) is 10.8 Å². The van der Waals surface area contributed by atoms with Gasteiger partial charge in [-0.15, -0.1) is 0 Å². The summed E-state index contributed by atoms with van der Waals surface area (Å²) in [6, 6.07) is 6.77. The average molecular weight is 387 g/mol. The van der Waals surface area contributed by atoms with Gasteiger partial charge >= 0.3 is 0 Å². The van der Waals surface area contributed by atoms with Crippen LogP contribution in [0, 0.1) is 0 Å². The highest BCUT2D eigenvalue weighted by atomic mass is 79.9. The molecule has 1 fully saturated rings. The smallest absolute Gasteiger partial charge is 0.246 e. The Morgan fingerprint density at radius 2 is 1.73 bits per heavy atom.